The first kappa shape index (κ1) is 15.3. The van der Waals surface area contributed by atoms with E-state index < -0.39 is 5.97 Å². The van der Waals surface area contributed by atoms with Crippen LogP contribution in [0.3, 0.4) is 0 Å². The van der Waals surface area contributed by atoms with E-state index in [1.165, 1.54) is 6.92 Å². The van der Waals surface area contributed by atoms with Gasteiger partial charge in [-0.15, -0.1) is 0 Å². The van der Waals surface area contributed by atoms with Gasteiger partial charge in [0.2, 0.25) is 0 Å². The number of carbonyl (C=O) groups excluding carboxylic acids is 1. The van der Waals surface area contributed by atoms with Gasteiger partial charge in [-0.2, -0.15) is 0 Å². The molecule has 112 valence electrons. The second-order valence-corrected chi connectivity index (χ2v) is 5.54. The average Bonchev–Trinajstić information content (AvgIpc) is 2.67. The van der Waals surface area contributed by atoms with Gasteiger partial charge in [0.1, 0.15) is 0 Å². The van der Waals surface area contributed by atoms with E-state index in [9.17, 15) is 14.7 Å². The molecule has 1 aromatic carbocycles. The number of hydrogen-bond donors (Lipinski definition) is 1. The van der Waals surface area contributed by atoms with Crippen LogP contribution >= 0.6 is 0 Å². The first-order chi connectivity index (χ1) is 9.88. The molecule has 0 bridgehead atoms. The Morgan fingerprint density at radius 3 is 2.43 bits per heavy atom. The lowest BCUT2D eigenvalue weighted by atomic mass is 10.0. The lowest BCUT2D eigenvalue weighted by Gasteiger charge is -2.10. The molecule has 0 saturated carbocycles. The summed E-state index contributed by atoms with van der Waals surface area (Å²) in [7, 11) is 0. The number of aromatic carboxylic acids is 1. The highest BCUT2D eigenvalue weighted by Crippen LogP contribution is 2.31. The predicted octanol–water partition coefficient (Wildman–Crippen LogP) is 3.96. The Bertz CT molecular complexity index is 725. The van der Waals surface area contributed by atoms with Crippen molar-refractivity contribution in [2.45, 2.75) is 47.1 Å². The topological polar surface area (TPSA) is 59.3 Å². The number of hydrogen-bond acceptors (Lipinski definition) is 2. The molecule has 2 aromatic rings. The summed E-state index contributed by atoms with van der Waals surface area (Å²) < 4.78 is 1.98. The lowest BCUT2D eigenvalue weighted by Crippen LogP contribution is -2.06. The quantitative estimate of drug-likeness (QED) is 0.847. The van der Waals surface area contributed by atoms with E-state index >= 15 is 0 Å². The van der Waals surface area contributed by atoms with Gasteiger partial charge in [0.05, 0.1) is 11.1 Å². The number of ketones is 1. The van der Waals surface area contributed by atoms with E-state index in [4.69, 9.17) is 0 Å². The van der Waals surface area contributed by atoms with E-state index in [1.54, 1.807) is 6.07 Å². The van der Waals surface area contributed by atoms with Gasteiger partial charge in [-0.25, -0.2) is 4.79 Å². The minimum absolute atomic E-state index is 0.0188. The molecule has 0 amide bonds. The van der Waals surface area contributed by atoms with Crippen molar-refractivity contribution in [2.75, 3.05) is 0 Å². The van der Waals surface area contributed by atoms with Crippen molar-refractivity contribution >= 4 is 22.7 Å². The van der Waals surface area contributed by atoms with Crippen LogP contribution in [0, 0.1) is 13.8 Å². The Hall–Kier alpha value is -2.10. The minimum atomic E-state index is -0.950. The highest BCUT2D eigenvalue weighted by Gasteiger charge is 2.22. The molecule has 21 heavy (non-hydrogen) atoms. The maximum atomic E-state index is 12.0. The van der Waals surface area contributed by atoms with Crippen molar-refractivity contribution in [2.24, 2.45) is 0 Å². The number of nitrogens with zero attached hydrogens (tertiary/aromatic N) is 1. The van der Waals surface area contributed by atoms with Gasteiger partial charge in [0.25, 0.3) is 0 Å². The second-order valence-electron chi connectivity index (χ2n) is 5.54. The van der Waals surface area contributed by atoms with Crippen LogP contribution in [-0.2, 0) is 6.54 Å². The van der Waals surface area contributed by atoms with Gasteiger partial charge in [-0.3, -0.25) is 4.79 Å². The van der Waals surface area contributed by atoms with Crippen LogP contribution < -0.4 is 0 Å². The highest BCUT2D eigenvalue weighted by molar-refractivity contribution is 6.13. The molecule has 1 heterocycles. The number of aromatic nitrogens is 1. The van der Waals surface area contributed by atoms with Crippen LogP contribution in [0.2, 0.25) is 0 Å². The normalized spacial score (nSPS) is 11.0. The van der Waals surface area contributed by atoms with Crippen molar-refractivity contribution in [3.05, 3.63) is 34.5 Å². The molecule has 0 saturated heterocycles. The van der Waals surface area contributed by atoms with Crippen LogP contribution in [0.25, 0.3) is 10.9 Å². The number of Topliss-reactive ketones (excluding diaryl/α,β-unsaturated/α-hetero) is 1. The van der Waals surface area contributed by atoms with Crippen LogP contribution in [0.15, 0.2) is 12.1 Å². The number of carbonyl (C=O) groups is 2. The molecule has 0 aliphatic rings. The van der Waals surface area contributed by atoms with Gasteiger partial charge in [0, 0.05) is 23.2 Å². The van der Waals surface area contributed by atoms with E-state index in [2.05, 4.69) is 6.92 Å². The first-order valence-corrected chi connectivity index (χ1v) is 7.26. The molecular formula is C17H21NO3. The minimum Gasteiger partial charge on any atom is -0.478 e. The molecule has 1 aromatic heterocycles. The van der Waals surface area contributed by atoms with Crippen LogP contribution in [0.5, 0.6) is 0 Å². The summed E-state index contributed by atoms with van der Waals surface area (Å²) in [6, 6.07) is 3.59. The van der Waals surface area contributed by atoms with E-state index in [0.29, 0.717) is 11.1 Å². The standard InChI is InChI=1S/C17H21NO3/c1-5-6-7-18-11(3)15(12(4)19)13-8-10(2)9-14(16(13)18)17(20)21/h8-9H,5-7H2,1-4H3,(H,20,21). The summed E-state index contributed by atoms with van der Waals surface area (Å²) in [6.07, 6.45) is 1.97. The average molecular weight is 287 g/mol. The SMILES string of the molecule is CCCCn1c(C)c(C(C)=O)c2cc(C)cc(C(=O)O)c21. The molecule has 4 nitrogen and oxygen atoms in total. The van der Waals surface area contributed by atoms with E-state index in [1.807, 2.05) is 24.5 Å². The molecule has 0 fully saturated rings. The van der Waals surface area contributed by atoms with Crippen molar-refractivity contribution in [1.82, 2.24) is 4.57 Å². The maximum Gasteiger partial charge on any atom is 0.337 e. The Morgan fingerprint density at radius 1 is 1.24 bits per heavy atom. The Labute approximate surface area is 124 Å². The first-order valence-electron chi connectivity index (χ1n) is 7.26. The number of fused-ring (bicyclic) bond motifs is 1. The Morgan fingerprint density at radius 2 is 1.90 bits per heavy atom. The summed E-state index contributed by atoms with van der Waals surface area (Å²) in [5, 5.41) is 10.3. The summed E-state index contributed by atoms with van der Waals surface area (Å²) >= 11 is 0. The summed E-state index contributed by atoms with van der Waals surface area (Å²) in [5.74, 6) is -0.969. The van der Waals surface area contributed by atoms with Crippen molar-refractivity contribution in [3.63, 3.8) is 0 Å². The monoisotopic (exact) mass is 287 g/mol. The third kappa shape index (κ3) is 2.58. The fraction of sp³-hybridized carbons (Fsp3) is 0.412. The number of aryl methyl sites for hydroxylation is 2. The number of rotatable bonds is 5. The van der Waals surface area contributed by atoms with E-state index in [-0.39, 0.29) is 11.3 Å². The van der Waals surface area contributed by atoms with E-state index in [0.717, 1.165) is 36.0 Å². The van der Waals surface area contributed by atoms with Crippen molar-refractivity contribution in [1.29, 1.82) is 0 Å². The van der Waals surface area contributed by atoms with Crippen LogP contribution in [-0.4, -0.2) is 21.4 Å². The molecule has 0 unspecified atom stereocenters. The number of unbranched alkanes of at least 4 members (excludes halogenated alkanes) is 1. The largest absolute Gasteiger partial charge is 0.478 e. The molecule has 0 radical (unpaired) electrons. The molecule has 0 aliphatic carbocycles. The predicted molar refractivity (Wildman–Crippen MR) is 83.3 cm³/mol. The van der Waals surface area contributed by atoms with Gasteiger partial charge < -0.3 is 9.67 Å². The highest BCUT2D eigenvalue weighted by atomic mass is 16.4. The van der Waals surface area contributed by atoms with Gasteiger partial charge in [-0.1, -0.05) is 13.3 Å². The van der Waals surface area contributed by atoms with Crippen LogP contribution in [0.4, 0.5) is 0 Å². The Balaban J connectivity index is 2.90. The number of benzene rings is 1. The summed E-state index contributed by atoms with van der Waals surface area (Å²) in [4.78, 5) is 23.6. The molecule has 0 spiro atoms. The van der Waals surface area contributed by atoms with Gasteiger partial charge in [0.15, 0.2) is 5.78 Å². The third-order valence-electron chi connectivity index (χ3n) is 3.88. The molecule has 0 aliphatic heterocycles. The number of carboxylic acids is 1. The third-order valence-corrected chi connectivity index (χ3v) is 3.88. The van der Waals surface area contributed by atoms with Crippen LogP contribution in [0.1, 0.15) is 58.7 Å². The molecular weight excluding hydrogens is 266 g/mol. The molecule has 1 N–H and O–H groups in total. The zero-order valence-corrected chi connectivity index (χ0v) is 13.0. The van der Waals surface area contributed by atoms with Crippen molar-refractivity contribution in [3.8, 4) is 0 Å². The molecule has 4 heteroatoms. The van der Waals surface area contributed by atoms with Crippen molar-refractivity contribution < 1.29 is 14.7 Å². The smallest absolute Gasteiger partial charge is 0.337 e. The second kappa shape index (κ2) is 5.72. The molecule has 0 atom stereocenters. The summed E-state index contributed by atoms with van der Waals surface area (Å²) in [6.45, 7) is 8.11. The van der Waals surface area contributed by atoms with Gasteiger partial charge in [-0.05, 0) is 44.9 Å². The zero-order valence-electron chi connectivity index (χ0n) is 13.0. The fourth-order valence-corrected chi connectivity index (χ4v) is 2.96. The lowest BCUT2D eigenvalue weighted by molar-refractivity contribution is 0.0698. The summed E-state index contributed by atoms with van der Waals surface area (Å²) in [5.41, 5.74) is 3.31. The molecule has 2 rings (SSSR count). The van der Waals surface area contributed by atoms with Gasteiger partial charge >= 0.3 is 5.97 Å². The number of carboxylic acid groups (broad SMARTS) is 1. The Kier molecular flexibility index (Phi) is 4.16. The fourth-order valence-electron chi connectivity index (χ4n) is 2.96. The zero-order chi connectivity index (χ0) is 15.7. The maximum absolute atomic E-state index is 12.0.